The number of tetrazole rings is 1. The third-order valence-corrected chi connectivity index (χ3v) is 4.88. The van der Waals surface area contributed by atoms with Gasteiger partial charge in [-0.2, -0.15) is 4.68 Å². The zero-order valence-electron chi connectivity index (χ0n) is 13.1. The molecule has 0 unspecified atom stereocenters. The maximum Gasteiger partial charge on any atom is 0.233 e. The van der Waals surface area contributed by atoms with E-state index < -0.39 is 0 Å². The van der Waals surface area contributed by atoms with E-state index in [0.29, 0.717) is 10.9 Å². The Morgan fingerprint density at radius 3 is 2.48 bits per heavy atom. The smallest absolute Gasteiger partial charge is 0.233 e. The number of para-hydroxylation sites is 1. The molecule has 2 heterocycles. The number of rotatable bonds is 4. The van der Waals surface area contributed by atoms with Gasteiger partial charge in [-0.1, -0.05) is 49.2 Å². The first-order valence-electron chi connectivity index (χ1n) is 8.09. The molecular formula is C16H21N5OS. The zero-order valence-corrected chi connectivity index (χ0v) is 13.9. The van der Waals surface area contributed by atoms with E-state index in [1.807, 2.05) is 35.2 Å². The lowest BCUT2D eigenvalue weighted by Crippen LogP contribution is -2.35. The van der Waals surface area contributed by atoms with E-state index in [4.69, 9.17) is 0 Å². The highest BCUT2D eigenvalue weighted by Gasteiger charge is 2.17. The molecular weight excluding hydrogens is 310 g/mol. The van der Waals surface area contributed by atoms with Crippen LogP contribution in [0.4, 0.5) is 0 Å². The van der Waals surface area contributed by atoms with Gasteiger partial charge in [-0.3, -0.25) is 4.79 Å². The molecule has 1 aromatic carbocycles. The number of amides is 1. The maximum atomic E-state index is 12.4. The highest BCUT2D eigenvalue weighted by atomic mass is 32.2. The summed E-state index contributed by atoms with van der Waals surface area (Å²) in [6.45, 7) is 1.76. The van der Waals surface area contributed by atoms with E-state index in [0.717, 1.165) is 31.6 Å². The van der Waals surface area contributed by atoms with Gasteiger partial charge in [0.25, 0.3) is 0 Å². The number of thioether (sulfide) groups is 1. The Morgan fingerprint density at radius 2 is 1.74 bits per heavy atom. The third-order valence-electron chi connectivity index (χ3n) is 3.98. The second kappa shape index (κ2) is 8.10. The molecule has 2 aromatic rings. The van der Waals surface area contributed by atoms with Crippen LogP contribution in [0.25, 0.3) is 5.69 Å². The lowest BCUT2D eigenvalue weighted by Gasteiger charge is -2.24. The molecule has 0 radical (unpaired) electrons. The fourth-order valence-corrected chi connectivity index (χ4v) is 3.51. The van der Waals surface area contributed by atoms with E-state index in [9.17, 15) is 4.79 Å². The summed E-state index contributed by atoms with van der Waals surface area (Å²) >= 11 is 1.40. The fourth-order valence-electron chi connectivity index (χ4n) is 2.71. The molecule has 1 aliphatic rings. The molecule has 3 rings (SSSR count). The monoisotopic (exact) mass is 331 g/mol. The minimum absolute atomic E-state index is 0.180. The van der Waals surface area contributed by atoms with E-state index in [-0.39, 0.29) is 5.91 Å². The molecule has 0 atom stereocenters. The Labute approximate surface area is 140 Å². The van der Waals surface area contributed by atoms with Crippen LogP contribution in [0.1, 0.15) is 32.1 Å². The summed E-state index contributed by atoms with van der Waals surface area (Å²) < 4.78 is 1.67. The Morgan fingerprint density at radius 1 is 1.04 bits per heavy atom. The van der Waals surface area contributed by atoms with E-state index in [2.05, 4.69) is 15.5 Å². The van der Waals surface area contributed by atoms with Crippen LogP contribution >= 0.6 is 11.8 Å². The van der Waals surface area contributed by atoms with Crippen LogP contribution in [0.2, 0.25) is 0 Å². The highest BCUT2D eigenvalue weighted by molar-refractivity contribution is 7.99. The average Bonchev–Trinajstić information content (AvgIpc) is 3.01. The quantitative estimate of drug-likeness (QED) is 0.806. The first kappa shape index (κ1) is 16.0. The molecule has 1 aromatic heterocycles. The number of carbonyl (C=O) groups is 1. The van der Waals surface area contributed by atoms with E-state index >= 15 is 0 Å². The summed E-state index contributed by atoms with van der Waals surface area (Å²) in [6.07, 6.45) is 5.96. The molecule has 1 fully saturated rings. The first-order valence-corrected chi connectivity index (χ1v) is 9.07. The van der Waals surface area contributed by atoms with Gasteiger partial charge in [-0.25, -0.2) is 0 Å². The zero-order chi connectivity index (χ0) is 15.9. The predicted octanol–water partition coefficient (Wildman–Crippen LogP) is 2.55. The normalized spacial score (nSPS) is 15.9. The Balaban J connectivity index is 1.60. The predicted molar refractivity (Wildman–Crippen MR) is 89.5 cm³/mol. The highest BCUT2D eigenvalue weighted by Crippen LogP contribution is 2.19. The van der Waals surface area contributed by atoms with Crippen LogP contribution in [0.3, 0.4) is 0 Å². The number of hydrogen-bond donors (Lipinski definition) is 0. The van der Waals surface area contributed by atoms with Gasteiger partial charge in [0.05, 0.1) is 11.4 Å². The van der Waals surface area contributed by atoms with Gasteiger partial charge < -0.3 is 4.90 Å². The summed E-state index contributed by atoms with van der Waals surface area (Å²) in [5.74, 6) is 0.562. The van der Waals surface area contributed by atoms with Crippen molar-refractivity contribution < 1.29 is 4.79 Å². The van der Waals surface area contributed by atoms with Gasteiger partial charge in [0, 0.05) is 13.1 Å². The summed E-state index contributed by atoms with van der Waals surface area (Å²) in [7, 11) is 0. The molecule has 1 amide bonds. The van der Waals surface area contributed by atoms with Crippen LogP contribution in [0.5, 0.6) is 0 Å². The Hall–Kier alpha value is -1.89. The lowest BCUT2D eigenvalue weighted by atomic mass is 10.1. The summed E-state index contributed by atoms with van der Waals surface area (Å²) in [4.78, 5) is 14.4. The topological polar surface area (TPSA) is 63.9 Å². The maximum absolute atomic E-state index is 12.4. The van der Waals surface area contributed by atoms with Crippen LogP contribution < -0.4 is 0 Å². The second-order valence-corrected chi connectivity index (χ2v) is 6.59. The summed E-state index contributed by atoms with van der Waals surface area (Å²) in [5, 5.41) is 12.4. The van der Waals surface area contributed by atoms with Crippen molar-refractivity contribution in [3.05, 3.63) is 30.3 Å². The van der Waals surface area contributed by atoms with Gasteiger partial charge in [-0.15, -0.1) is 5.10 Å². The van der Waals surface area contributed by atoms with Crippen molar-refractivity contribution in [2.75, 3.05) is 18.8 Å². The fraction of sp³-hybridized carbons (Fsp3) is 0.500. The van der Waals surface area contributed by atoms with Gasteiger partial charge in [0.2, 0.25) is 11.1 Å². The molecule has 0 N–H and O–H groups in total. The van der Waals surface area contributed by atoms with Gasteiger partial charge in [0.15, 0.2) is 0 Å². The molecule has 1 saturated heterocycles. The van der Waals surface area contributed by atoms with Crippen molar-refractivity contribution in [3.8, 4) is 5.69 Å². The second-order valence-electron chi connectivity index (χ2n) is 5.65. The van der Waals surface area contributed by atoms with Crippen molar-refractivity contribution >= 4 is 17.7 Å². The van der Waals surface area contributed by atoms with Crippen molar-refractivity contribution in [1.82, 2.24) is 25.1 Å². The van der Waals surface area contributed by atoms with Crippen molar-refractivity contribution in [1.29, 1.82) is 0 Å². The molecule has 122 valence electrons. The van der Waals surface area contributed by atoms with E-state index in [1.165, 1.54) is 31.0 Å². The van der Waals surface area contributed by atoms with Gasteiger partial charge in [0.1, 0.15) is 0 Å². The number of benzene rings is 1. The molecule has 6 nitrogen and oxygen atoms in total. The molecule has 0 bridgehead atoms. The minimum Gasteiger partial charge on any atom is -0.342 e. The van der Waals surface area contributed by atoms with Crippen LogP contribution in [-0.2, 0) is 4.79 Å². The standard InChI is InChI=1S/C16H21N5OS/c22-15(20-11-7-2-1-3-8-12-20)13-23-16-17-18-19-21(16)14-9-5-4-6-10-14/h4-6,9-10H,1-3,7-8,11-13H2. The van der Waals surface area contributed by atoms with Crippen LogP contribution in [0.15, 0.2) is 35.5 Å². The SMILES string of the molecule is O=C(CSc1nnnn1-c1ccccc1)N1CCCCCCC1. The Bertz CT molecular complexity index is 622. The molecule has 23 heavy (non-hydrogen) atoms. The average molecular weight is 331 g/mol. The first-order chi connectivity index (χ1) is 11.3. The van der Waals surface area contributed by atoms with E-state index in [1.54, 1.807) is 4.68 Å². The minimum atomic E-state index is 0.180. The third kappa shape index (κ3) is 4.31. The number of likely N-dealkylation sites (tertiary alicyclic amines) is 1. The van der Waals surface area contributed by atoms with Gasteiger partial charge in [-0.05, 0) is 35.4 Å². The number of carbonyl (C=O) groups excluding carboxylic acids is 1. The van der Waals surface area contributed by atoms with Crippen molar-refractivity contribution in [2.24, 2.45) is 0 Å². The molecule has 7 heteroatoms. The molecule has 0 aliphatic carbocycles. The molecule has 0 spiro atoms. The number of hydrogen-bond acceptors (Lipinski definition) is 5. The van der Waals surface area contributed by atoms with Crippen LogP contribution in [-0.4, -0.2) is 49.9 Å². The number of aromatic nitrogens is 4. The largest absolute Gasteiger partial charge is 0.342 e. The lowest BCUT2D eigenvalue weighted by molar-refractivity contribution is -0.128. The van der Waals surface area contributed by atoms with Crippen molar-refractivity contribution in [2.45, 2.75) is 37.3 Å². The van der Waals surface area contributed by atoms with Crippen LogP contribution in [0, 0.1) is 0 Å². The summed E-state index contributed by atoms with van der Waals surface area (Å²) in [6, 6.07) is 9.72. The Kier molecular flexibility index (Phi) is 5.63. The van der Waals surface area contributed by atoms with Crippen molar-refractivity contribution in [3.63, 3.8) is 0 Å². The number of nitrogens with zero attached hydrogens (tertiary/aromatic N) is 5. The summed E-state index contributed by atoms with van der Waals surface area (Å²) in [5.41, 5.74) is 0.902. The molecule has 1 aliphatic heterocycles. The molecule has 0 saturated carbocycles. The van der Waals surface area contributed by atoms with Gasteiger partial charge >= 0.3 is 0 Å².